The number of carbonyl (C=O) groups excluding carboxylic acids is 1. The van der Waals surface area contributed by atoms with Crippen LogP contribution in [0.15, 0.2) is 30.3 Å². The summed E-state index contributed by atoms with van der Waals surface area (Å²) in [6, 6.07) is 5.18. The molecule has 0 N–H and O–H groups in total. The number of ether oxygens (including phenoxy) is 1. The molecular weight excluding hydrogens is 343 g/mol. The molecule has 1 amide bonds. The van der Waals surface area contributed by atoms with Crippen LogP contribution in [0, 0.1) is 11.3 Å². The molecule has 1 heterocycles. The first-order valence-electron chi connectivity index (χ1n) is 8.79. The van der Waals surface area contributed by atoms with Crippen molar-refractivity contribution in [3.8, 4) is 0 Å². The van der Waals surface area contributed by atoms with Crippen LogP contribution in [0.3, 0.4) is 0 Å². The molecule has 0 radical (unpaired) electrons. The Morgan fingerprint density at radius 1 is 1.15 bits per heavy atom. The molecule has 2 aliphatic rings. The first-order valence-corrected chi connectivity index (χ1v) is 8.79. The largest absolute Gasteiger partial charge is 0.444 e. The van der Waals surface area contributed by atoms with E-state index in [9.17, 15) is 18.0 Å². The van der Waals surface area contributed by atoms with Crippen LogP contribution in [0.4, 0.5) is 18.0 Å². The fourth-order valence-electron chi connectivity index (χ4n) is 3.70. The van der Waals surface area contributed by atoms with Crippen molar-refractivity contribution in [2.75, 3.05) is 13.1 Å². The van der Waals surface area contributed by atoms with E-state index in [1.54, 1.807) is 4.90 Å². The molecule has 1 aliphatic heterocycles. The lowest BCUT2D eigenvalue weighted by atomic mass is 9.58. The summed E-state index contributed by atoms with van der Waals surface area (Å²) in [7, 11) is 0. The average molecular weight is 367 g/mol. The van der Waals surface area contributed by atoms with E-state index in [-0.39, 0.29) is 11.5 Å². The molecule has 1 aromatic carbocycles. The van der Waals surface area contributed by atoms with Crippen molar-refractivity contribution in [1.29, 1.82) is 0 Å². The first-order chi connectivity index (χ1) is 12.0. The normalized spacial score (nSPS) is 20.2. The maximum absolute atomic E-state index is 12.6. The predicted octanol–water partition coefficient (Wildman–Crippen LogP) is 5.37. The molecule has 0 atom stereocenters. The first kappa shape index (κ1) is 18.8. The maximum Gasteiger partial charge on any atom is 0.416 e. The van der Waals surface area contributed by atoms with Crippen LogP contribution in [0.2, 0.25) is 0 Å². The highest BCUT2D eigenvalue weighted by Crippen LogP contribution is 2.52. The van der Waals surface area contributed by atoms with Gasteiger partial charge in [-0.15, -0.1) is 0 Å². The van der Waals surface area contributed by atoms with E-state index in [2.05, 4.69) is 6.08 Å². The van der Waals surface area contributed by atoms with Crippen molar-refractivity contribution in [2.45, 2.75) is 45.4 Å². The second-order valence-corrected chi connectivity index (χ2v) is 8.48. The number of allylic oxidation sites excluding steroid dienone is 1. The lowest BCUT2D eigenvalue weighted by molar-refractivity contribution is -0.137. The Kier molecular flexibility index (Phi) is 4.57. The minimum absolute atomic E-state index is 0.200. The summed E-state index contributed by atoms with van der Waals surface area (Å²) in [6.07, 6.45) is 1.39. The van der Waals surface area contributed by atoms with Crippen molar-refractivity contribution in [3.05, 3.63) is 41.5 Å². The number of amides is 1. The Hall–Kier alpha value is -1.98. The van der Waals surface area contributed by atoms with Crippen LogP contribution in [0.1, 0.15) is 44.7 Å². The van der Waals surface area contributed by atoms with E-state index < -0.39 is 17.3 Å². The van der Waals surface area contributed by atoms with Crippen molar-refractivity contribution >= 4 is 12.2 Å². The van der Waals surface area contributed by atoms with Gasteiger partial charge in [0.1, 0.15) is 5.60 Å². The standard InChI is InChI=1S/C20H24F3NO2/c1-18(2,3)26-17(25)24-12-19(13-24)10-15(11-19)5-4-14-6-8-16(9-7-14)20(21,22)23/h4-9,15H,10-13H2,1-3H3. The highest BCUT2D eigenvalue weighted by molar-refractivity contribution is 5.69. The summed E-state index contributed by atoms with van der Waals surface area (Å²) in [6.45, 7) is 7.02. The number of carbonyl (C=O) groups is 1. The van der Waals surface area contributed by atoms with Gasteiger partial charge in [-0.2, -0.15) is 13.2 Å². The number of benzene rings is 1. The van der Waals surface area contributed by atoms with E-state index in [0.717, 1.165) is 43.6 Å². The van der Waals surface area contributed by atoms with Crippen LogP contribution in [0.25, 0.3) is 6.08 Å². The third kappa shape index (κ3) is 4.22. The van der Waals surface area contributed by atoms with Gasteiger partial charge in [0, 0.05) is 18.5 Å². The number of rotatable bonds is 2. The lowest BCUT2D eigenvalue weighted by Gasteiger charge is -2.58. The SMILES string of the molecule is CC(C)(C)OC(=O)N1CC2(CC(C=Cc3ccc(C(F)(F)F)cc3)C2)C1. The molecule has 1 spiro atoms. The second-order valence-electron chi connectivity index (χ2n) is 8.48. The monoisotopic (exact) mass is 367 g/mol. The minimum Gasteiger partial charge on any atom is -0.444 e. The molecule has 3 nitrogen and oxygen atoms in total. The van der Waals surface area contributed by atoms with Gasteiger partial charge in [0.2, 0.25) is 0 Å². The summed E-state index contributed by atoms with van der Waals surface area (Å²) in [5.41, 5.74) is -0.143. The average Bonchev–Trinajstić information content (AvgIpc) is 2.41. The van der Waals surface area contributed by atoms with Crippen LogP contribution in [-0.2, 0) is 10.9 Å². The van der Waals surface area contributed by atoms with E-state index in [4.69, 9.17) is 4.74 Å². The van der Waals surface area contributed by atoms with E-state index >= 15 is 0 Å². The van der Waals surface area contributed by atoms with Crippen molar-refractivity contribution in [2.24, 2.45) is 11.3 Å². The highest BCUT2D eigenvalue weighted by Gasteiger charge is 2.53. The summed E-state index contributed by atoms with van der Waals surface area (Å²) < 4.78 is 43.0. The molecule has 2 fully saturated rings. The molecule has 0 aromatic heterocycles. The predicted molar refractivity (Wildman–Crippen MR) is 93.4 cm³/mol. The summed E-state index contributed by atoms with van der Waals surface area (Å²) in [5, 5.41) is 0. The molecule has 6 heteroatoms. The smallest absolute Gasteiger partial charge is 0.416 e. The topological polar surface area (TPSA) is 29.5 Å². The molecular formula is C20H24F3NO2. The van der Waals surface area contributed by atoms with Gasteiger partial charge in [0.05, 0.1) is 5.56 Å². The lowest BCUT2D eigenvalue weighted by Crippen LogP contribution is -2.64. The third-order valence-corrected chi connectivity index (χ3v) is 4.89. The van der Waals surface area contributed by atoms with Crippen LogP contribution >= 0.6 is 0 Å². The molecule has 142 valence electrons. The molecule has 0 bridgehead atoms. The number of nitrogens with zero attached hydrogens (tertiary/aromatic N) is 1. The molecule has 26 heavy (non-hydrogen) atoms. The fourth-order valence-corrected chi connectivity index (χ4v) is 3.70. The van der Waals surface area contributed by atoms with Crippen molar-refractivity contribution in [3.63, 3.8) is 0 Å². The van der Waals surface area contributed by atoms with Gasteiger partial charge >= 0.3 is 12.3 Å². The summed E-state index contributed by atoms with van der Waals surface area (Å²) in [5.74, 6) is 0.415. The number of hydrogen-bond acceptors (Lipinski definition) is 2. The van der Waals surface area contributed by atoms with Crippen LogP contribution < -0.4 is 0 Å². The van der Waals surface area contributed by atoms with Gasteiger partial charge < -0.3 is 9.64 Å². The zero-order valence-electron chi connectivity index (χ0n) is 15.3. The molecule has 1 aromatic rings. The van der Waals surface area contributed by atoms with Crippen LogP contribution in [0.5, 0.6) is 0 Å². The molecule has 3 rings (SSSR count). The zero-order chi connectivity index (χ0) is 19.2. The van der Waals surface area contributed by atoms with E-state index in [0.29, 0.717) is 5.92 Å². The summed E-state index contributed by atoms with van der Waals surface area (Å²) in [4.78, 5) is 13.7. The van der Waals surface area contributed by atoms with Gasteiger partial charge in [-0.05, 0) is 57.2 Å². The number of likely N-dealkylation sites (tertiary alicyclic amines) is 1. The Morgan fingerprint density at radius 3 is 2.23 bits per heavy atom. The Morgan fingerprint density at radius 2 is 1.73 bits per heavy atom. The zero-order valence-corrected chi connectivity index (χ0v) is 15.3. The maximum atomic E-state index is 12.6. The molecule has 0 unspecified atom stereocenters. The van der Waals surface area contributed by atoms with Gasteiger partial charge in [-0.25, -0.2) is 4.79 Å². The van der Waals surface area contributed by atoms with E-state index in [1.165, 1.54) is 12.1 Å². The van der Waals surface area contributed by atoms with Gasteiger partial charge in [-0.3, -0.25) is 0 Å². The molecule has 1 saturated carbocycles. The fraction of sp³-hybridized carbons (Fsp3) is 0.550. The molecule has 1 saturated heterocycles. The number of halogens is 3. The van der Waals surface area contributed by atoms with Gasteiger partial charge in [-0.1, -0.05) is 24.3 Å². The molecule has 1 aliphatic carbocycles. The minimum atomic E-state index is -4.30. The summed E-state index contributed by atoms with van der Waals surface area (Å²) >= 11 is 0. The van der Waals surface area contributed by atoms with Gasteiger partial charge in [0.25, 0.3) is 0 Å². The number of alkyl halides is 3. The number of hydrogen-bond donors (Lipinski definition) is 0. The van der Waals surface area contributed by atoms with E-state index in [1.807, 2.05) is 26.8 Å². The van der Waals surface area contributed by atoms with Crippen LogP contribution in [-0.4, -0.2) is 29.7 Å². The third-order valence-electron chi connectivity index (χ3n) is 4.89. The quantitative estimate of drug-likeness (QED) is 0.704. The Bertz CT molecular complexity index is 687. The second kappa shape index (κ2) is 6.32. The van der Waals surface area contributed by atoms with Crippen molar-refractivity contribution < 1.29 is 22.7 Å². The highest BCUT2D eigenvalue weighted by atomic mass is 19.4. The Balaban J connectivity index is 1.45. The van der Waals surface area contributed by atoms with Crippen molar-refractivity contribution in [1.82, 2.24) is 4.90 Å². The van der Waals surface area contributed by atoms with Gasteiger partial charge in [0.15, 0.2) is 0 Å². The Labute approximate surface area is 151 Å².